The van der Waals surface area contributed by atoms with Gasteiger partial charge in [0.05, 0.1) is 11.4 Å². The molecule has 0 aliphatic heterocycles. The van der Waals surface area contributed by atoms with Crippen LogP contribution < -0.4 is 10.6 Å². The van der Waals surface area contributed by atoms with Crippen molar-refractivity contribution in [2.75, 3.05) is 5.32 Å². The highest BCUT2D eigenvalue weighted by molar-refractivity contribution is 6.01. The number of anilines is 1. The fourth-order valence-electron chi connectivity index (χ4n) is 7.06. The summed E-state index contributed by atoms with van der Waals surface area (Å²) in [5, 5.41) is 16.9. The van der Waals surface area contributed by atoms with Gasteiger partial charge in [-0.15, -0.1) is 0 Å². The third-order valence-electron chi connectivity index (χ3n) is 9.06. The third kappa shape index (κ3) is 6.36. The quantitative estimate of drug-likeness (QED) is 0.262. The Morgan fingerprint density at radius 2 is 1.71 bits per heavy atom. The Labute approximate surface area is 240 Å². The largest absolute Gasteiger partial charge is 0.364 e. The topological polar surface area (TPSA) is 126 Å². The van der Waals surface area contributed by atoms with Crippen LogP contribution in [0.25, 0.3) is 11.1 Å². The zero-order valence-corrected chi connectivity index (χ0v) is 24.3. The Morgan fingerprint density at radius 3 is 2.27 bits per heavy atom. The summed E-state index contributed by atoms with van der Waals surface area (Å²) in [6.45, 7) is 5.54. The number of hydrogen-bond acceptors (Lipinski definition) is 6. The number of aromatic amines is 1. The molecule has 3 heterocycles. The predicted octanol–water partition coefficient (Wildman–Crippen LogP) is 6.29. The number of carbonyl (C=O) groups is 2. The molecule has 2 amide bonds. The lowest BCUT2D eigenvalue weighted by Gasteiger charge is -2.41. The molecule has 3 aromatic heterocycles. The summed E-state index contributed by atoms with van der Waals surface area (Å²) in [6.07, 6.45) is 12.9. The molecular weight excluding hydrogens is 523 g/mol. The lowest BCUT2D eigenvalue weighted by molar-refractivity contribution is -0.121. The van der Waals surface area contributed by atoms with Crippen molar-refractivity contribution in [1.82, 2.24) is 25.7 Å². The number of pyridine rings is 1. The van der Waals surface area contributed by atoms with Crippen molar-refractivity contribution in [3.8, 4) is 11.1 Å². The van der Waals surface area contributed by atoms with E-state index in [1.807, 2.05) is 13.8 Å². The van der Waals surface area contributed by atoms with Gasteiger partial charge in [-0.3, -0.25) is 14.7 Å². The van der Waals surface area contributed by atoms with E-state index in [1.165, 1.54) is 19.1 Å². The normalized spacial score (nSPS) is 17.5. The fourth-order valence-corrected chi connectivity index (χ4v) is 7.06. The number of rotatable bonds is 9. The summed E-state index contributed by atoms with van der Waals surface area (Å²) in [5.74, 6) is -0.691. The Kier molecular flexibility index (Phi) is 9.15. The molecule has 0 radical (unpaired) electrons. The molecule has 9 nitrogen and oxygen atoms in total. The molecule has 0 saturated heterocycles. The minimum Gasteiger partial charge on any atom is -0.364 e. The lowest BCUT2D eigenvalue weighted by Crippen LogP contribution is -2.53. The molecule has 220 valence electrons. The SMILES string of the molecule is CCc1nocc1C(=O)N[C@H](C(=O)Nc1ccc(-c2c(C)n[nH]c2C)c(F)n1)C(C1CCCCC1)C1CCCCC1. The lowest BCUT2D eigenvalue weighted by atomic mass is 9.66. The van der Waals surface area contributed by atoms with Crippen LogP contribution in [0, 0.1) is 37.5 Å². The summed E-state index contributed by atoms with van der Waals surface area (Å²) in [7, 11) is 0. The van der Waals surface area contributed by atoms with Crippen molar-refractivity contribution in [2.45, 2.75) is 97.4 Å². The zero-order valence-electron chi connectivity index (χ0n) is 24.3. The molecule has 0 spiro atoms. The van der Waals surface area contributed by atoms with Crippen molar-refractivity contribution < 1.29 is 18.5 Å². The molecule has 41 heavy (non-hydrogen) atoms. The number of carbonyl (C=O) groups excluding carboxylic acids is 2. The molecule has 2 fully saturated rings. The summed E-state index contributed by atoms with van der Waals surface area (Å²) in [5.41, 5.74) is 3.29. The smallest absolute Gasteiger partial charge is 0.257 e. The highest BCUT2D eigenvalue weighted by atomic mass is 19.1. The Hall–Kier alpha value is -3.56. The Morgan fingerprint density at radius 1 is 1.05 bits per heavy atom. The van der Waals surface area contributed by atoms with Crippen LogP contribution in [0.15, 0.2) is 22.9 Å². The molecular formula is C31H41FN6O3. The minimum absolute atomic E-state index is 0.0233. The number of amides is 2. The van der Waals surface area contributed by atoms with Crippen LogP contribution in [0.1, 0.15) is 98.6 Å². The van der Waals surface area contributed by atoms with Gasteiger partial charge in [0.15, 0.2) is 0 Å². The minimum atomic E-state index is -0.795. The molecule has 0 bridgehead atoms. The van der Waals surface area contributed by atoms with E-state index in [0.717, 1.165) is 57.1 Å². The van der Waals surface area contributed by atoms with E-state index in [-0.39, 0.29) is 23.6 Å². The van der Waals surface area contributed by atoms with E-state index < -0.39 is 12.0 Å². The fraction of sp³-hybridized carbons (Fsp3) is 0.581. The zero-order chi connectivity index (χ0) is 28.9. The summed E-state index contributed by atoms with van der Waals surface area (Å²) in [4.78, 5) is 31.7. The van der Waals surface area contributed by atoms with Gasteiger partial charge in [-0.2, -0.15) is 9.49 Å². The van der Waals surface area contributed by atoms with Crippen LogP contribution in [-0.4, -0.2) is 38.2 Å². The number of aromatic nitrogens is 4. The van der Waals surface area contributed by atoms with Gasteiger partial charge in [-0.05, 0) is 50.2 Å². The van der Waals surface area contributed by atoms with Crippen LogP contribution in [0.5, 0.6) is 0 Å². The van der Waals surface area contributed by atoms with Crippen molar-refractivity contribution in [1.29, 1.82) is 0 Å². The van der Waals surface area contributed by atoms with Crippen molar-refractivity contribution >= 4 is 17.6 Å². The van der Waals surface area contributed by atoms with Gasteiger partial charge >= 0.3 is 0 Å². The second kappa shape index (κ2) is 13.0. The molecule has 5 rings (SSSR count). The van der Waals surface area contributed by atoms with Gasteiger partial charge in [-0.1, -0.05) is 76.3 Å². The highest BCUT2D eigenvalue weighted by Gasteiger charge is 2.41. The van der Waals surface area contributed by atoms with Crippen LogP contribution in [0.4, 0.5) is 10.2 Å². The maximum Gasteiger partial charge on any atom is 0.257 e. The monoisotopic (exact) mass is 564 g/mol. The van der Waals surface area contributed by atoms with E-state index in [1.54, 1.807) is 19.1 Å². The van der Waals surface area contributed by atoms with Crippen LogP contribution >= 0.6 is 0 Å². The Balaban J connectivity index is 1.46. The third-order valence-corrected chi connectivity index (χ3v) is 9.06. The molecule has 0 unspecified atom stereocenters. The standard InChI is InChI=1S/C31H41FN6O3/c1-4-24-23(17-41-38-24)30(39)35-28(27(20-11-7-5-8-12-20)21-13-9-6-10-14-21)31(40)34-25-16-15-22(29(32)33-25)26-18(2)36-37-19(26)3/h15-17,20-21,27-28H,4-14H2,1-3H3,(H,35,39)(H,36,37)(H,33,34,40)/t28-/m0/s1. The van der Waals surface area contributed by atoms with E-state index in [4.69, 9.17) is 4.52 Å². The number of nitrogens with one attached hydrogen (secondary N) is 3. The van der Waals surface area contributed by atoms with E-state index in [9.17, 15) is 9.59 Å². The number of nitrogens with zero attached hydrogens (tertiary/aromatic N) is 3. The summed E-state index contributed by atoms with van der Waals surface area (Å²) >= 11 is 0. The molecule has 0 aromatic carbocycles. The van der Waals surface area contributed by atoms with Crippen LogP contribution in [-0.2, 0) is 11.2 Å². The maximum absolute atomic E-state index is 15.3. The van der Waals surface area contributed by atoms with Gasteiger partial charge in [-0.25, -0.2) is 4.98 Å². The number of H-pyrrole nitrogens is 1. The molecule has 2 aliphatic carbocycles. The van der Waals surface area contributed by atoms with Gasteiger partial charge < -0.3 is 15.2 Å². The molecule has 3 N–H and O–H groups in total. The van der Waals surface area contributed by atoms with Crippen molar-refractivity contribution in [3.63, 3.8) is 0 Å². The molecule has 2 saturated carbocycles. The van der Waals surface area contributed by atoms with E-state index in [2.05, 4.69) is 31.0 Å². The van der Waals surface area contributed by atoms with Gasteiger partial charge in [0.2, 0.25) is 11.9 Å². The van der Waals surface area contributed by atoms with Crippen LogP contribution in [0.3, 0.4) is 0 Å². The van der Waals surface area contributed by atoms with Crippen molar-refractivity contribution in [3.05, 3.63) is 47.0 Å². The first kappa shape index (κ1) is 29.0. The number of aryl methyl sites for hydroxylation is 3. The van der Waals surface area contributed by atoms with E-state index in [0.29, 0.717) is 46.3 Å². The maximum atomic E-state index is 15.3. The Bertz CT molecular complexity index is 1320. The van der Waals surface area contributed by atoms with Gasteiger partial charge in [0, 0.05) is 16.8 Å². The number of halogens is 1. The average Bonchev–Trinajstić information content (AvgIpc) is 3.60. The summed E-state index contributed by atoms with van der Waals surface area (Å²) in [6, 6.07) is 2.42. The first-order chi connectivity index (χ1) is 19.9. The average molecular weight is 565 g/mol. The van der Waals surface area contributed by atoms with Crippen molar-refractivity contribution in [2.24, 2.45) is 17.8 Å². The first-order valence-electron chi connectivity index (χ1n) is 15.1. The second-order valence-corrected chi connectivity index (χ2v) is 11.7. The second-order valence-electron chi connectivity index (χ2n) is 11.7. The summed E-state index contributed by atoms with van der Waals surface area (Å²) < 4.78 is 20.3. The first-order valence-corrected chi connectivity index (χ1v) is 15.1. The molecule has 2 aliphatic rings. The highest BCUT2D eigenvalue weighted by Crippen LogP contribution is 2.42. The van der Waals surface area contributed by atoms with Gasteiger partial charge in [0.25, 0.3) is 5.91 Å². The predicted molar refractivity (Wildman–Crippen MR) is 154 cm³/mol. The molecule has 10 heteroatoms. The van der Waals surface area contributed by atoms with E-state index >= 15 is 4.39 Å². The molecule has 1 atom stereocenters. The van der Waals surface area contributed by atoms with Crippen LogP contribution in [0.2, 0.25) is 0 Å². The molecule has 3 aromatic rings. The number of hydrogen-bond donors (Lipinski definition) is 3. The van der Waals surface area contributed by atoms with Gasteiger partial charge in [0.1, 0.15) is 23.7 Å².